The average molecular weight is 405 g/mol. The zero-order valence-electron chi connectivity index (χ0n) is 21.0. The van der Waals surface area contributed by atoms with Crippen molar-refractivity contribution < 1.29 is 4.79 Å². The molecule has 29 heavy (non-hydrogen) atoms. The lowest BCUT2D eigenvalue weighted by Gasteiger charge is -2.43. The highest BCUT2D eigenvalue weighted by Crippen LogP contribution is 2.48. The van der Waals surface area contributed by atoms with Crippen molar-refractivity contribution in [2.45, 2.75) is 138 Å². The zero-order valence-corrected chi connectivity index (χ0v) is 21.0. The van der Waals surface area contributed by atoms with Crippen LogP contribution >= 0.6 is 0 Å². The molecule has 0 aromatic rings. The molecule has 0 bridgehead atoms. The van der Waals surface area contributed by atoms with Crippen LogP contribution in [0.25, 0.3) is 0 Å². The third-order valence-electron chi connectivity index (χ3n) is 7.94. The predicted molar refractivity (Wildman–Crippen MR) is 129 cm³/mol. The number of rotatable bonds is 10. The fraction of sp³-hybridized carbons (Fsp3) is 0.893. The zero-order chi connectivity index (χ0) is 21.9. The minimum absolute atomic E-state index is 0.426. The third-order valence-corrected chi connectivity index (χ3v) is 7.94. The molecule has 1 saturated carbocycles. The van der Waals surface area contributed by atoms with Crippen molar-refractivity contribution in [3.05, 3.63) is 11.1 Å². The Morgan fingerprint density at radius 1 is 0.793 bits per heavy atom. The summed E-state index contributed by atoms with van der Waals surface area (Å²) in [6.07, 6.45) is 17.1. The van der Waals surface area contributed by atoms with Crippen LogP contribution in [-0.2, 0) is 4.79 Å². The highest BCUT2D eigenvalue weighted by molar-refractivity contribution is 5.97. The highest BCUT2D eigenvalue weighted by Gasteiger charge is 2.39. The molecule has 0 aliphatic heterocycles. The smallest absolute Gasteiger partial charge is 0.158 e. The molecule has 0 radical (unpaired) electrons. The van der Waals surface area contributed by atoms with E-state index in [-0.39, 0.29) is 0 Å². The standard InChI is InChI=1S/C24H42O.C4H10/c1-6-15-24(5,16-7-2)17-14-22-21-11-10-18(8-3)19(9-4)20(21)12-13-23(22)25;1-3-4-2/h18-20H,6-17H2,1-5H3;3-4H2,1-2H3. The molecule has 0 spiro atoms. The lowest BCUT2D eigenvalue weighted by Crippen LogP contribution is -2.34. The largest absolute Gasteiger partial charge is 0.295 e. The van der Waals surface area contributed by atoms with Gasteiger partial charge in [-0.05, 0) is 73.7 Å². The number of fused-ring (bicyclic) bond motifs is 1. The maximum atomic E-state index is 12.8. The molecule has 1 nitrogen and oxygen atoms in total. The van der Waals surface area contributed by atoms with Gasteiger partial charge in [-0.3, -0.25) is 4.79 Å². The van der Waals surface area contributed by atoms with Crippen LogP contribution in [0, 0.1) is 23.2 Å². The van der Waals surface area contributed by atoms with Crippen molar-refractivity contribution >= 4 is 5.78 Å². The van der Waals surface area contributed by atoms with E-state index in [4.69, 9.17) is 0 Å². The van der Waals surface area contributed by atoms with Gasteiger partial charge in [-0.2, -0.15) is 0 Å². The Hall–Kier alpha value is -0.590. The number of carbonyl (C=O) groups excluding carboxylic acids is 1. The summed E-state index contributed by atoms with van der Waals surface area (Å²) in [6.45, 7) is 16.1. The quantitative estimate of drug-likeness (QED) is 0.354. The Bertz CT molecular complexity index is 492. The van der Waals surface area contributed by atoms with Crippen molar-refractivity contribution in [1.29, 1.82) is 0 Å². The molecule has 1 heteroatoms. The van der Waals surface area contributed by atoms with Crippen molar-refractivity contribution in [1.82, 2.24) is 0 Å². The first-order valence-corrected chi connectivity index (χ1v) is 13.2. The van der Waals surface area contributed by atoms with Gasteiger partial charge >= 0.3 is 0 Å². The van der Waals surface area contributed by atoms with E-state index >= 15 is 0 Å². The summed E-state index contributed by atoms with van der Waals surface area (Å²) in [5.41, 5.74) is 3.31. The molecule has 170 valence electrons. The molecular weight excluding hydrogens is 352 g/mol. The van der Waals surface area contributed by atoms with Gasteiger partial charge in [0.05, 0.1) is 0 Å². The predicted octanol–water partition coefficient (Wildman–Crippen LogP) is 9.30. The summed E-state index contributed by atoms with van der Waals surface area (Å²) in [5.74, 6) is 2.93. The maximum Gasteiger partial charge on any atom is 0.158 e. The third kappa shape index (κ3) is 7.55. The van der Waals surface area contributed by atoms with Gasteiger partial charge in [0.2, 0.25) is 0 Å². The SMILES string of the molecule is CCCC.CCCC(C)(CCC)CCC1=C2CCC(CC)C(CC)C2CCC1=O. The first-order valence-electron chi connectivity index (χ1n) is 13.2. The summed E-state index contributed by atoms with van der Waals surface area (Å²) in [7, 11) is 0. The Balaban J connectivity index is 0.000000960. The number of allylic oxidation sites excluding steroid dienone is 2. The first-order chi connectivity index (χ1) is 13.9. The van der Waals surface area contributed by atoms with E-state index in [2.05, 4.69) is 48.5 Å². The normalized spacial score (nSPS) is 24.8. The summed E-state index contributed by atoms with van der Waals surface area (Å²) in [5, 5.41) is 0. The fourth-order valence-electron chi connectivity index (χ4n) is 6.14. The topological polar surface area (TPSA) is 17.1 Å². The minimum atomic E-state index is 0.426. The summed E-state index contributed by atoms with van der Waals surface area (Å²) in [6, 6.07) is 0. The Morgan fingerprint density at radius 3 is 1.90 bits per heavy atom. The van der Waals surface area contributed by atoms with E-state index in [1.807, 2.05) is 0 Å². The number of carbonyl (C=O) groups is 1. The Labute approximate surface area is 183 Å². The molecule has 0 N–H and O–H groups in total. The number of unbranched alkanes of at least 4 members (excludes halogenated alkanes) is 1. The molecule has 0 saturated heterocycles. The summed E-state index contributed by atoms with van der Waals surface area (Å²) in [4.78, 5) is 12.8. The van der Waals surface area contributed by atoms with Crippen LogP contribution in [0.5, 0.6) is 0 Å². The van der Waals surface area contributed by atoms with Crippen LogP contribution in [0.2, 0.25) is 0 Å². The molecule has 2 aliphatic carbocycles. The van der Waals surface area contributed by atoms with Gasteiger partial charge in [-0.25, -0.2) is 0 Å². The van der Waals surface area contributed by atoms with Gasteiger partial charge < -0.3 is 0 Å². The number of ketones is 1. The van der Waals surface area contributed by atoms with Crippen molar-refractivity contribution in [3.8, 4) is 0 Å². The van der Waals surface area contributed by atoms with Crippen LogP contribution in [-0.4, -0.2) is 5.78 Å². The maximum absolute atomic E-state index is 12.8. The molecule has 0 amide bonds. The average Bonchev–Trinajstić information content (AvgIpc) is 2.72. The molecule has 0 aromatic carbocycles. The first kappa shape index (κ1) is 26.4. The second kappa shape index (κ2) is 13.7. The van der Waals surface area contributed by atoms with Crippen LogP contribution in [0.4, 0.5) is 0 Å². The molecule has 2 aliphatic rings. The lowest BCUT2D eigenvalue weighted by molar-refractivity contribution is -0.117. The summed E-state index contributed by atoms with van der Waals surface area (Å²) >= 11 is 0. The molecule has 3 unspecified atom stereocenters. The van der Waals surface area contributed by atoms with Gasteiger partial charge in [-0.15, -0.1) is 0 Å². The van der Waals surface area contributed by atoms with Crippen LogP contribution < -0.4 is 0 Å². The lowest BCUT2D eigenvalue weighted by atomic mass is 9.62. The van der Waals surface area contributed by atoms with Gasteiger partial charge in [0.1, 0.15) is 0 Å². The van der Waals surface area contributed by atoms with Crippen LogP contribution in [0.3, 0.4) is 0 Å². The highest BCUT2D eigenvalue weighted by atomic mass is 16.1. The van der Waals surface area contributed by atoms with E-state index in [0.29, 0.717) is 11.2 Å². The van der Waals surface area contributed by atoms with Gasteiger partial charge in [-0.1, -0.05) is 92.6 Å². The molecule has 2 rings (SSSR count). The van der Waals surface area contributed by atoms with E-state index in [0.717, 1.165) is 37.0 Å². The van der Waals surface area contributed by atoms with E-state index in [9.17, 15) is 4.79 Å². The van der Waals surface area contributed by atoms with E-state index in [1.165, 1.54) is 76.2 Å². The van der Waals surface area contributed by atoms with Crippen LogP contribution in [0.1, 0.15) is 138 Å². The van der Waals surface area contributed by atoms with Gasteiger partial charge in [0.15, 0.2) is 5.78 Å². The van der Waals surface area contributed by atoms with Crippen LogP contribution in [0.15, 0.2) is 11.1 Å². The fourth-order valence-corrected chi connectivity index (χ4v) is 6.14. The summed E-state index contributed by atoms with van der Waals surface area (Å²) < 4.78 is 0. The van der Waals surface area contributed by atoms with Crippen molar-refractivity contribution in [3.63, 3.8) is 0 Å². The van der Waals surface area contributed by atoms with Crippen molar-refractivity contribution in [2.75, 3.05) is 0 Å². The number of hydrogen-bond acceptors (Lipinski definition) is 1. The molecule has 1 fully saturated rings. The van der Waals surface area contributed by atoms with Gasteiger partial charge in [0.25, 0.3) is 0 Å². The monoisotopic (exact) mass is 404 g/mol. The molecule has 0 aromatic heterocycles. The molecular formula is C28H52O. The molecule has 0 heterocycles. The van der Waals surface area contributed by atoms with Gasteiger partial charge in [0, 0.05) is 6.42 Å². The second-order valence-electron chi connectivity index (χ2n) is 10.2. The molecule has 3 atom stereocenters. The van der Waals surface area contributed by atoms with E-state index < -0.39 is 0 Å². The number of hydrogen-bond donors (Lipinski definition) is 0. The Morgan fingerprint density at radius 2 is 1.41 bits per heavy atom. The second-order valence-corrected chi connectivity index (χ2v) is 10.2. The number of Topliss-reactive ketones (excluding diaryl/α,β-unsaturated/α-hetero) is 1. The minimum Gasteiger partial charge on any atom is -0.295 e. The van der Waals surface area contributed by atoms with Crippen molar-refractivity contribution in [2.24, 2.45) is 23.2 Å². The Kier molecular flexibility index (Phi) is 12.5. The van der Waals surface area contributed by atoms with E-state index in [1.54, 1.807) is 5.57 Å².